The van der Waals surface area contributed by atoms with Gasteiger partial charge in [0, 0.05) is 5.73 Å². The molecule has 1 nitrogen and oxygen atoms in total. The first-order chi connectivity index (χ1) is 7.24. The van der Waals surface area contributed by atoms with E-state index in [0.717, 1.165) is 0 Å². The summed E-state index contributed by atoms with van der Waals surface area (Å²) in [6.07, 6.45) is 3.70. The van der Waals surface area contributed by atoms with E-state index in [1.54, 1.807) is 0 Å². The molecule has 0 amide bonds. The molecular weight excluding hydrogens is 228 g/mol. The minimum absolute atomic E-state index is 0.434. The molecule has 0 N–H and O–H groups in total. The van der Waals surface area contributed by atoms with Crippen LogP contribution in [0, 0.1) is 0 Å². The lowest BCUT2D eigenvalue weighted by atomic mass is 10.1. The maximum atomic E-state index is 6.60. The first-order valence-corrected chi connectivity index (χ1v) is 12.8. The minimum Gasteiger partial charge on any atom is -0.417 e. The van der Waals surface area contributed by atoms with Crippen LogP contribution in [0.2, 0.25) is 31.2 Å². The highest BCUT2D eigenvalue weighted by molar-refractivity contribution is 6.75. The van der Waals surface area contributed by atoms with Gasteiger partial charge in [-0.1, -0.05) is 53.6 Å². The summed E-state index contributed by atoms with van der Waals surface area (Å²) in [6, 6.07) is 0. The van der Waals surface area contributed by atoms with Gasteiger partial charge < -0.3 is 4.43 Å². The van der Waals surface area contributed by atoms with Crippen molar-refractivity contribution in [1.82, 2.24) is 0 Å². The maximum Gasteiger partial charge on any atom is 0.192 e. The summed E-state index contributed by atoms with van der Waals surface area (Å²) in [7, 11) is -2.24. The van der Waals surface area contributed by atoms with Gasteiger partial charge in [0.05, 0.1) is 8.80 Å². The van der Waals surface area contributed by atoms with E-state index in [4.69, 9.17) is 4.43 Å². The van der Waals surface area contributed by atoms with Gasteiger partial charge in [0.1, 0.15) is 0 Å². The van der Waals surface area contributed by atoms with E-state index >= 15 is 0 Å². The third kappa shape index (κ3) is 3.71. The molecule has 0 aliphatic carbocycles. The highest BCUT2D eigenvalue weighted by Crippen LogP contribution is 2.45. The van der Waals surface area contributed by atoms with Crippen molar-refractivity contribution < 1.29 is 4.43 Å². The van der Waals surface area contributed by atoms with Crippen LogP contribution in [-0.4, -0.2) is 22.8 Å². The SMILES string of the molecule is CCC(O[Si](C)(C)C(C)(CC)CC)[SiH](C)C. The van der Waals surface area contributed by atoms with Gasteiger partial charge in [-0.2, -0.15) is 0 Å². The van der Waals surface area contributed by atoms with Gasteiger partial charge in [-0.15, -0.1) is 0 Å². The minimum atomic E-state index is -1.57. The Morgan fingerprint density at radius 2 is 1.56 bits per heavy atom. The van der Waals surface area contributed by atoms with Gasteiger partial charge in [-0.3, -0.25) is 0 Å². The van der Waals surface area contributed by atoms with Crippen LogP contribution < -0.4 is 0 Å². The van der Waals surface area contributed by atoms with E-state index in [9.17, 15) is 0 Å². The van der Waals surface area contributed by atoms with Crippen LogP contribution >= 0.6 is 0 Å². The third-order valence-corrected chi connectivity index (χ3v) is 11.5. The van der Waals surface area contributed by atoms with Gasteiger partial charge in [0.25, 0.3) is 0 Å². The summed E-state index contributed by atoms with van der Waals surface area (Å²) in [6.45, 7) is 19.0. The number of hydrogen-bond donors (Lipinski definition) is 0. The van der Waals surface area contributed by atoms with Crippen LogP contribution in [-0.2, 0) is 4.43 Å². The van der Waals surface area contributed by atoms with Crippen molar-refractivity contribution in [2.75, 3.05) is 0 Å². The zero-order chi connectivity index (χ0) is 13.0. The molecule has 0 aromatic heterocycles. The Balaban J connectivity index is 4.77. The first-order valence-electron chi connectivity index (χ1n) is 6.91. The van der Waals surface area contributed by atoms with Crippen LogP contribution in [0.15, 0.2) is 0 Å². The Hall–Kier alpha value is 0.394. The van der Waals surface area contributed by atoms with Gasteiger partial charge >= 0.3 is 0 Å². The van der Waals surface area contributed by atoms with Crippen molar-refractivity contribution in [1.29, 1.82) is 0 Å². The summed E-state index contributed by atoms with van der Waals surface area (Å²) in [5.74, 6) is 0. The van der Waals surface area contributed by atoms with E-state index in [1.165, 1.54) is 19.3 Å². The standard InChI is InChI=1S/C13H32OSi2/c1-9-12(15(5)6)14-16(7,8)13(4,10-2)11-3/h12,15H,9-11H2,1-8H3. The molecule has 0 aromatic rings. The summed E-state index contributed by atoms with van der Waals surface area (Å²) in [5.41, 5.74) is 0.582. The zero-order valence-electron chi connectivity index (χ0n) is 12.7. The largest absolute Gasteiger partial charge is 0.417 e. The lowest BCUT2D eigenvalue weighted by molar-refractivity contribution is 0.235. The Bertz CT molecular complexity index is 198. The molecule has 98 valence electrons. The predicted molar refractivity (Wildman–Crippen MR) is 80.5 cm³/mol. The fourth-order valence-electron chi connectivity index (χ4n) is 2.31. The lowest BCUT2D eigenvalue weighted by Crippen LogP contribution is -2.48. The summed E-state index contributed by atoms with van der Waals surface area (Å²) >= 11 is 0. The smallest absolute Gasteiger partial charge is 0.192 e. The van der Waals surface area contributed by atoms with Crippen LogP contribution in [0.25, 0.3) is 0 Å². The van der Waals surface area contributed by atoms with Crippen molar-refractivity contribution >= 4 is 17.1 Å². The molecule has 0 bridgehead atoms. The average Bonchev–Trinajstić information content (AvgIpc) is 2.23. The molecule has 0 aliphatic heterocycles. The van der Waals surface area contributed by atoms with E-state index in [0.29, 0.717) is 10.8 Å². The number of hydrogen-bond acceptors (Lipinski definition) is 1. The molecule has 3 heteroatoms. The van der Waals surface area contributed by atoms with E-state index in [-0.39, 0.29) is 0 Å². The maximum absolute atomic E-state index is 6.60. The quantitative estimate of drug-likeness (QED) is 0.608. The molecule has 0 saturated carbocycles. The van der Waals surface area contributed by atoms with Crippen molar-refractivity contribution in [2.45, 2.75) is 83.9 Å². The topological polar surface area (TPSA) is 9.23 Å². The highest BCUT2D eigenvalue weighted by Gasteiger charge is 2.43. The zero-order valence-corrected chi connectivity index (χ0v) is 14.8. The molecule has 1 atom stereocenters. The predicted octanol–water partition coefficient (Wildman–Crippen LogP) is 4.59. The Labute approximate surface area is 106 Å². The molecule has 0 fully saturated rings. The van der Waals surface area contributed by atoms with Crippen molar-refractivity contribution in [3.8, 4) is 0 Å². The molecule has 0 saturated heterocycles. The summed E-state index contributed by atoms with van der Waals surface area (Å²) < 4.78 is 6.60. The summed E-state index contributed by atoms with van der Waals surface area (Å²) in [5, 5.41) is 0.434. The highest BCUT2D eigenvalue weighted by atomic mass is 28.4. The van der Waals surface area contributed by atoms with E-state index in [2.05, 4.69) is 53.9 Å². The van der Waals surface area contributed by atoms with Gasteiger partial charge in [0.2, 0.25) is 0 Å². The van der Waals surface area contributed by atoms with Crippen LogP contribution in [0.1, 0.15) is 47.0 Å². The Kier molecular flexibility index (Phi) is 6.52. The van der Waals surface area contributed by atoms with E-state index in [1.807, 2.05) is 0 Å². The molecule has 0 heterocycles. The fourth-order valence-corrected chi connectivity index (χ4v) is 8.28. The molecule has 1 unspecified atom stereocenters. The summed E-state index contributed by atoms with van der Waals surface area (Å²) in [4.78, 5) is 0. The van der Waals surface area contributed by atoms with Gasteiger partial charge in [0.15, 0.2) is 8.32 Å². The monoisotopic (exact) mass is 260 g/mol. The van der Waals surface area contributed by atoms with E-state index < -0.39 is 17.1 Å². The fraction of sp³-hybridized carbons (Fsp3) is 1.00. The van der Waals surface area contributed by atoms with Crippen molar-refractivity contribution in [3.05, 3.63) is 0 Å². The normalized spacial score (nSPS) is 15.6. The molecule has 0 rings (SSSR count). The second-order valence-electron chi connectivity index (χ2n) is 6.09. The average molecular weight is 261 g/mol. The Morgan fingerprint density at radius 3 is 1.81 bits per heavy atom. The Morgan fingerprint density at radius 1 is 1.12 bits per heavy atom. The second kappa shape index (κ2) is 6.36. The van der Waals surface area contributed by atoms with Gasteiger partial charge in [-0.25, -0.2) is 0 Å². The van der Waals surface area contributed by atoms with Crippen molar-refractivity contribution in [3.63, 3.8) is 0 Å². The molecular formula is C13H32OSi2. The second-order valence-corrected chi connectivity index (χ2v) is 13.8. The van der Waals surface area contributed by atoms with Crippen molar-refractivity contribution in [2.24, 2.45) is 0 Å². The first kappa shape index (κ1) is 16.4. The van der Waals surface area contributed by atoms with Gasteiger partial charge in [-0.05, 0) is 24.6 Å². The number of rotatable bonds is 7. The molecule has 0 spiro atoms. The lowest BCUT2D eigenvalue weighted by Gasteiger charge is -2.44. The van der Waals surface area contributed by atoms with Crippen LogP contribution in [0.5, 0.6) is 0 Å². The molecule has 0 aliphatic rings. The third-order valence-electron chi connectivity index (χ3n) is 4.61. The molecule has 0 aromatic carbocycles. The van der Waals surface area contributed by atoms with Crippen LogP contribution in [0.3, 0.4) is 0 Å². The molecule has 0 radical (unpaired) electrons. The van der Waals surface area contributed by atoms with Crippen LogP contribution in [0.4, 0.5) is 0 Å². The molecule has 16 heavy (non-hydrogen) atoms.